The van der Waals surface area contributed by atoms with E-state index in [1.807, 2.05) is 24.4 Å². The molecule has 0 radical (unpaired) electrons. The third-order valence-corrected chi connectivity index (χ3v) is 5.39. The quantitative estimate of drug-likeness (QED) is 0.470. The normalized spacial score (nSPS) is 16.5. The fraction of sp³-hybridized carbons (Fsp3) is 0.263. The first-order chi connectivity index (χ1) is 13.2. The Hall–Kier alpha value is -2.71. The van der Waals surface area contributed by atoms with Crippen molar-refractivity contribution in [2.75, 3.05) is 6.61 Å². The lowest BCUT2D eigenvalue weighted by Crippen LogP contribution is -2.16. The van der Waals surface area contributed by atoms with E-state index in [2.05, 4.69) is 26.7 Å². The molecule has 4 rings (SSSR count). The van der Waals surface area contributed by atoms with Gasteiger partial charge in [-0.2, -0.15) is 0 Å². The summed E-state index contributed by atoms with van der Waals surface area (Å²) < 4.78 is 7.97. The van der Waals surface area contributed by atoms with Gasteiger partial charge < -0.3 is 9.30 Å². The molecular weight excluding hydrogens is 364 g/mol. The van der Waals surface area contributed by atoms with Gasteiger partial charge in [-0.15, -0.1) is 0 Å². The van der Waals surface area contributed by atoms with Crippen molar-refractivity contribution in [3.8, 4) is 11.3 Å². The van der Waals surface area contributed by atoms with Crippen LogP contribution in [-0.2, 0) is 11.3 Å². The van der Waals surface area contributed by atoms with Crippen molar-refractivity contribution in [1.29, 1.82) is 0 Å². The highest BCUT2D eigenvalue weighted by Crippen LogP contribution is 2.31. The van der Waals surface area contributed by atoms with Gasteiger partial charge in [-0.25, -0.2) is 9.97 Å². The molecule has 7 nitrogen and oxygen atoms in total. The van der Waals surface area contributed by atoms with Gasteiger partial charge in [0, 0.05) is 12.7 Å². The largest absolute Gasteiger partial charge is 0.376 e. The number of imidazole rings is 1. The molecule has 0 spiro atoms. The summed E-state index contributed by atoms with van der Waals surface area (Å²) in [5.74, 6) is 0. The Morgan fingerprint density at radius 1 is 1.19 bits per heavy atom. The van der Waals surface area contributed by atoms with Crippen LogP contribution in [0, 0.1) is 10.1 Å². The molecule has 138 valence electrons. The van der Waals surface area contributed by atoms with Gasteiger partial charge in [0.2, 0.25) is 0 Å². The van der Waals surface area contributed by atoms with Crippen molar-refractivity contribution in [2.24, 2.45) is 0 Å². The summed E-state index contributed by atoms with van der Waals surface area (Å²) in [6.07, 6.45) is 5.41. The van der Waals surface area contributed by atoms with E-state index in [4.69, 9.17) is 4.74 Å². The number of hydrogen-bond donors (Lipinski definition) is 0. The van der Waals surface area contributed by atoms with E-state index in [-0.39, 0.29) is 11.8 Å². The molecule has 0 aliphatic carbocycles. The number of hydrogen-bond acceptors (Lipinski definition) is 6. The van der Waals surface area contributed by atoms with E-state index in [0.29, 0.717) is 5.03 Å². The SMILES string of the molecule is O=[N+]([O-])c1ccc(Sc2ncc(-c3ccccc3)n2CC2CCCO2)nc1. The van der Waals surface area contributed by atoms with Gasteiger partial charge in [0.25, 0.3) is 5.69 Å². The van der Waals surface area contributed by atoms with Crippen molar-refractivity contribution in [1.82, 2.24) is 14.5 Å². The van der Waals surface area contributed by atoms with Crippen LogP contribution in [0.5, 0.6) is 0 Å². The van der Waals surface area contributed by atoms with Crippen molar-refractivity contribution in [3.63, 3.8) is 0 Å². The molecule has 0 N–H and O–H groups in total. The zero-order valence-electron chi connectivity index (χ0n) is 14.5. The van der Waals surface area contributed by atoms with E-state index in [1.165, 1.54) is 24.0 Å². The maximum Gasteiger partial charge on any atom is 0.287 e. The first-order valence-electron chi connectivity index (χ1n) is 8.71. The second kappa shape index (κ2) is 7.89. The first kappa shape index (κ1) is 17.7. The van der Waals surface area contributed by atoms with Crippen molar-refractivity contribution in [2.45, 2.75) is 35.7 Å². The summed E-state index contributed by atoms with van der Waals surface area (Å²) in [6, 6.07) is 13.2. The molecule has 1 atom stereocenters. The molecule has 0 amide bonds. The average Bonchev–Trinajstić information content (AvgIpc) is 3.34. The minimum absolute atomic E-state index is 0.0213. The van der Waals surface area contributed by atoms with Crippen LogP contribution < -0.4 is 0 Å². The average molecular weight is 382 g/mol. The van der Waals surface area contributed by atoms with Crippen molar-refractivity contribution in [3.05, 3.63) is 65.0 Å². The van der Waals surface area contributed by atoms with E-state index in [0.717, 1.165) is 42.4 Å². The molecule has 3 aromatic rings. The zero-order valence-corrected chi connectivity index (χ0v) is 15.3. The Morgan fingerprint density at radius 2 is 2.04 bits per heavy atom. The highest BCUT2D eigenvalue weighted by Gasteiger charge is 2.21. The van der Waals surface area contributed by atoms with Gasteiger partial charge >= 0.3 is 0 Å². The first-order valence-corrected chi connectivity index (χ1v) is 9.53. The molecule has 0 saturated carbocycles. The lowest BCUT2D eigenvalue weighted by molar-refractivity contribution is -0.385. The van der Waals surface area contributed by atoms with Gasteiger partial charge in [-0.05, 0) is 36.2 Å². The third-order valence-electron chi connectivity index (χ3n) is 4.43. The van der Waals surface area contributed by atoms with E-state index < -0.39 is 4.92 Å². The maximum absolute atomic E-state index is 10.8. The van der Waals surface area contributed by atoms with Crippen LogP contribution in [-0.4, -0.2) is 32.2 Å². The fourth-order valence-electron chi connectivity index (χ4n) is 3.08. The van der Waals surface area contributed by atoms with Crippen LogP contribution in [0.15, 0.2) is 65.0 Å². The Labute approximate surface area is 160 Å². The summed E-state index contributed by atoms with van der Waals surface area (Å²) >= 11 is 1.40. The fourth-order valence-corrected chi connectivity index (χ4v) is 3.90. The van der Waals surface area contributed by atoms with Crippen LogP contribution in [0.3, 0.4) is 0 Å². The second-order valence-corrected chi connectivity index (χ2v) is 7.24. The van der Waals surface area contributed by atoms with Crippen molar-refractivity contribution >= 4 is 17.4 Å². The van der Waals surface area contributed by atoms with Crippen LogP contribution in [0.4, 0.5) is 5.69 Å². The molecule has 27 heavy (non-hydrogen) atoms. The summed E-state index contributed by atoms with van der Waals surface area (Å²) in [6.45, 7) is 1.52. The molecule has 8 heteroatoms. The number of nitrogens with zero attached hydrogens (tertiary/aromatic N) is 4. The molecule has 1 aliphatic heterocycles. The number of benzene rings is 1. The number of rotatable bonds is 6. The Bertz CT molecular complexity index is 922. The number of ether oxygens (including phenoxy) is 1. The second-order valence-electron chi connectivity index (χ2n) is 6.25. The molecule has 1 aliphatic rings. The molecule has 3 heterocycles. The van der Waals surface area contributed by atoms with Gasteiger partial charge in [-0.3, -0.25) is 10.1 Å². The third kappa shape index (κ3) is 4.01. The van der Waals surface area contributed by atoms with Crippen molar-refractivity contribution < 1.29 is 9.66 Å². The molecule has 1 fully saturated rings. The smallest absolute Gasteiger partial charge is 0.287 e. The highest BCUT2D eigenvalue weighted by atomic mass is 32.2. The molecule has 1 saturated heterocycles. The summed E-state index contributed by atoms with van der Waals surface area (Å²) in [7, 11) is 0. The van der Waals surface area contributed by atoms with Gasteiger partial charge in [0.1, 0.15) is 11.2 Å². The number of aromatic nitrogens is 3. The summed E-state index contributed by atoms with van der Waals surface area (Å²) in [5.41, 5.74) is 2.09. The van der Waals surface area contributed by atoms with Crippen LogP contribution in [0.1, 0.15) is 12.8 Å². The summed E-state index contributed by atoms with van der Waals surface area (Å²) in [5, 5.41) is 12.3. The minimum atomic E-state index is -0.451. The van der Waals surface area contributed by atoms with Gasteiger partial charge in [0.15, 0.2) is 5.16 Å². The van der Waals surface area contributed by atoms with Gasteiger partial charge in [-0.1, -0.05) is 30.3 Å². The lowest BCUT2D eigenvalue weighted by atomic mass is 10.1. The van der Waals surface area contributed by atoms with Crippen LogP contribution in [0.2, 0.25) is 0 Å². The predicted molar refractivity (Wildman–Crippen MR) is 102 cm³/mol. The molecule has 0 bridgehead atoms. The topological polar surface area (TPSA) is 83.1 Å². The highest BCUT2D eigenvalue weighted by molar-refractivity contribution is 7.99. The number of pyridine rings is 1. The van der Waals surface area contributed by atoms with Gasteiger partial charge in [0.05, 0.1) is 29.5 Å². The number of nitro groups is 1. The molecule has 2 aromatic heterocycles. The monoisotopic (exact) mass is 382 g/mol. The summed E-state index contributed by atoms with van der Waals surface area (Å²) in [4.78, 5) is 19.1. The standard InChI is InChI=1S/C19H18N4O3S/c24-23(25)15-8-9-18(20-11-15)27-19-21-12-17(14-5-2-1-3-6-14)22(19)13-16-7-4-10-26-16/h1-3,5-6,8-9,11-12,16H,4,7,10,13H2. The van der Waals surface area contributed by atoms with E-state index in [1.54, 1.807) is 6.07 Å². The predicted octanol–water partition coefficient (Wildman–Crippen LogP) is 4.18. The van der Waals surface area contributed by atoms with Crippen LogP contribution in [0.25, 0.3) is 11.3 Å². The Balaban J connectivity index is 1.64. The van der Waals surface area contributed by atoms with E-state index >= 15 is 0 Å². The van der Waals surface area contributed by atoms with E-state index in [9.17, 15) is 10.1 Å². The molecule has 1 unspecified atom stereocenters. The van der Waals surface area contributed by atoms with Crippen LogP contribution >= 0.6 is 11.8 Å². The Kier molecular flexibility index (Phi) is 5.17. The Morgan fingerprint density at radius 3 is 2.70 bits per heavy atom. The lowest BCUT2D eigenvalue weighted by Gasteiger charge is -2.16. The molecule has 1 aromatic carbocycles. The minimum Gasteiger partial charge on any atom is -0.376 e. The zero-order chi connectivity index (χ0) is 18.6. The maximum atomic E-state index is 10.8. The molecular formula is C19H18N4O3S.